The molecule has 19 nitrogen and oxygen atoms in total. The largest absolute Gasteiger partial charge is 1.00 e. The van der Waals surface area contributed by atoms with E-state index in [-0.39, 0.29) is 59.1 Å². The first kappa shape index (κ1) is 36.6. The molecule has 2 fully saturated rings. The van der Waals surface area contributed by atoms with E-state index in [0.717, 1.165) is 12.3 Å². The van der Waals surface area contributed by atoms with Crippen molar-refractivity contribution in [3.63, 3.8) is 0 Å². The van der Waals surface area contributed by atoms with Gasteiger partial charge in [0.15, 0.2) is 12.5 Å². The van der Waals surface area contributed by atoms with Crippen LogP contribution in [-0.2, 0) is 32.0 Å². The van der Waals surface area contributed by atoms with Crippen molar-refractivity contribution in [2.75, 3.05) is 13.2 Å². The van der Waals surface area contributed by atoms with Crippen molar-refractivity contribution in [1.29, 1.82) is 0 Å². The summed E-state index contributed by atoms with van der Waals surface area (Å²) >= 11 is 0. The topological polar surface area (TPSA) is 303 Å². The van der Waals surface area contributed by atoms with E-state index < -0.39 is 95.4 Å². The molecule has 0 amide bonds. The molecule has 2 aliphatic rings. The number of aromatic nitrogens is 2. The average molecular weight is 610 g/mol. The number of nitrogens with one attached hydrogen (secondary N) is 1. The second kappa shape index (κ2) is 14.7. The van der Waals surface area contributed by atoms with Crippen molar-refractivity contribution < 1.29 is 132 Å². The van der Waals surface area contributed by atoms with Gasteiger partial charge < -0.3 is 54.4 Å². The summed E-state index contributed by atoms with van der Waals surface area (Å²) in [4.78, 5) is 48.9. The number of nitrogens with zero attached hydrogens (tertiary/aromatic N) is 1. The van der Waals surface area contributed by atoms with Gasteiger partial charge in [-0.05, 0) is 0 Å². The maximum Gasteiger partial charge on any atom is 1.00 e. The zero-order chi connectivity index (χ0) is 27.0. The van der Waals surface area contributed by atoms with Crippen LogP contribution in [0.15, 0.2) is 21.9 Å². The Morgan fingerprint density at radius 1 is 0.921 bits per heavy atom. The van der Waals surface area contributed by atoms with Crippen molar-refractivity contribution in [1.82, 2.24) is 9.55 Å². The SMILES string of the molecule is O=c1ccn(C2O[C@H](COP(=O)([O-])OP(=O)([O-])OC3O[C@H](CO)[C@H](O)[C@@H](O)[C@H]3O)[C@@H](O)[C@H]2O)c(=O)[nH]1.[Na+].[Na+]. The number of aromatic amines is 1. The van der Waals surface area contributed by atoms with Gasteiger partial charge in [-0.25, -0.2) is 9.11 Å². The van der Waals surface area contributed by atoms with Crippen LogP contribution in [0.2, 0.25) is 0 Å². The molecule has 0 spiro atoms. The van der Waals surface area contributed by atoms with Crippen LogP contribution in [-0.4, -0.2) is 102 Å². The molecule has 0 bridgehead atoms. The van der Waals surface area contributed by atoms with Crippen LogP contribution >= 0.6 is 15.6 Å². The molecule has 1 aromatic rings. The molecule has 206 valence electrons. The Hall–Kier alpha value is 0.620. The van der Waals surface area contributed by atoms with Crippen LogP contribution in [0.25, 0.3) is 0 Å². The van der Waals surface area contributed by atoms with E-state index >= 15 is 0 Å². The second-order valence-electron chi connectivity index (χ2n) is 7.64. The minimum atomic E-state index is -5.90. The maximum absolute atomic E-state index is 12.0. The number of rotatable bonds is 9. The van der Waals surface area contributed by atoms with Crippen molar-refractivity contribution in [3.05, 3.63) is 33.1 Å². The van der Waals surface area contributed by atoms with Crippen molar-refractivity contribution in [2.24, 2.45) is 0 Å². The molecular formula is C15H22N2Na2O17P2. The van der Waals surface area contributed by atoms with Crippen LogP contribution < -0.4 is 80.2 Å². The van der Waals surface area contributed by atoms with Gasteiger partial charge in [-0.3, -0.25) is 28.0 Å². The summed E-state index contributed by atoms with van der Waals surface area (Å²) in [5.74, 6) is 0. The van der Waals surface area contributed by atoms with Gasteiger partial charge in [0.05, 0.1) is 13.2 Å². The first-order valence-electron chi connectivity index (χ1n) is 9.96. The number of hydrogen-bond acceptors (Lipinski definition) is 17. The standard InChI is InChI=1S/C15H24N2O17P2.2Na/c18-3-5-8(20)10(22)12(24)14(32-5)33-36(28,29)34-35(26,27)30-4-6-9(21)11(23)13(31-6)17-2-1-7(19)16-15(17)25;;/h1-2,5-6,8-14,18,20-24H,3-4H2,(H,26,27)(H,28,29)(H,16,19,25);;/q;2*+1/p-2/t5-,6-,8+,9-,10-,11-,12-,13?,14?;;/m1../s1. The number of phosphoric acid groups is 2. The smallest absolute Gasteiger partial charge is 0.756 e. The van der Waals surface area contributed by atoms with Crippen molar-refractivity contribution in [2.45, 2.75) is 55.2 Å². The third-order valence-electron chi connectivity index (χ3n) is 5.14. The molecule has 1 aromatic heterocycles. The summed E-state index contributed by atoms with van der Waals surface area (Å²) in [5, 5.41) is 58.4. The Morgan fingerprint density at radius 3 is 2.11 bits per heavy atom. The minimum Gasteiger partial charge on any atom is -0.756 e. The van der Waals surface area contributed by atoms with Gasteiger partial charge in [0, 0.05) is 12.3 Å². The Bertz CT molecular complexity index is 1140. The van der Waals surface area contributed by atoms with Crippen LogP contribution in [0.5, 0.6) is 0 Å². The third kappa shape index (κ3) is 8.81. The normalized spacial score (nSPS) is 36.4. The van der Waals surface area contributed by atoms with Gasteiger partial charge in [-0.1, -0.05) is 0 Å². The quantitative estimate of drug-likeness (QED) is 0.101. The van der Waals surface area contributed by atoms with E-state index in [4.69, 9.17) is 14.6 Å². The van der Waals surface area contributed by atoms with Crippen LogP contribution in [0.1, 0.15) is 6.23 Å². The molecule has 23 heteroatoms. The van der Waals surface area contributed by atoms with E-state index in [2.05, 4.69) is 13.4 Å². The Labute approximate surface area is 256 Å². The zero-order valence-electron chi connectivity index (χ0n) is 19.8. The first-order chi connectivity index (χ1) is 16.7. The van der Waals surface area contributed by atoms with Gasteiger partial charge in [0.25, 0.3) is 21.2 Å². The molecule has 3 rings (SSSR count). The Balaban J connectivity index is 0.00000361. The molecule has 11 atom stereocenters. The fourth-order valence-corrected chi connectivity index (χ4v) is 5.42. The number of ether oxygens (including phenoxy) is 2. The van der Waals surface area contributed by atoms with Crippen LogP contribution in [0.4, 0.5) is 0 Å². The first-order valence-corrected chi connectivity index (χ1v) is 12.9. The molecule has 2 aliphatic heterocycles. The fourth-order valence-electron chi connectivity index (χ4n) is 3.34. The van der Waals surface area contributed by atoms with Gasteiger partial charge in [-0.2, -0.15) is 0 Å². The molecule has 4 unspecified atom stereocenters. The second-order valence-corrected chi connectivity index (χ2v) is 10.5. The van der Waals surface area contributed by atoms with Crippen molar-refractivity contribution >= 4 is 15.6 Å². The van der Waals surface area contributed by atoms with E-state index in [9.17, 15) is 54.0 Å². The Kier molecular flexibility index (Phi) is 14.2. The molecule has 0 radical (unpaired) electrons. The monoisotopic (exact) mass is 610 g/mol. The predicted molar refractivity (Wildman–Crippen MR) is 104 cm³/mol. The summed E-state index contributed by atoms with van der Waals surface area (Å²) in [6, 6.07) is 0.911. The number of phosphoric ester groups is 2. The molecule has 0 saturated carbocycles. The molecular weight excluding hydrogens is 588 g/mol. The molecule has 0 aromatic carbocycles. The van der Waals surface area contributed by atoms with E-state index in [0.29, 0.717) is 4.57 Å². The number of aliphatic hydroxyl groups is 6. The minimum absolute atomic E-state index is 0. The average Bonchev–Trinajstić information content (AvgIpc) is 3.06. The molecule has 2 saturated heterocycles. The molecule has 3 heterocycles. The third-order valence-corrected chi connectivity index (χ3v) is 7.67. The van der Waals surface area contributed by atoms with Crippen LogP contribution in [0, 0.1) is 0 Å². The summed E-state index contributed by atoms with van der Waals surface area (Å²) in [6.07, 6.45) is -15.8. The van der Waals surface area contributed by atoms with Crippen molar-refractivity contribution in [3.8, 4) is 0 Å². The van der Waals surface area contributed by atoms with Gasteiger partial charge in [-0.15, -0.1) is 0 Å². The molecule has 38 heavy (non-hydrogen) atoms. The predicted octanol–water partition coefficient (Wildman–Crippen LogP) is -12.0. The summed E-state index contributed by atoms with van der Waals surface area (Å²) in [6.45, 7) is -2.05. The van der Waals surface area contributed by atoms with Gasteiger partial charge in [0.2, 0.25) is 0 Å². The fraction of sp³-hybridized carbons (Fsp3) is 0.733. The summed E-state index contributed by atoms with van der Waals surface area (Å²) in [7, 11) is -11.7. The number of hydrogen-bond donors (Lipinski definition) is 7. The van der Waals surface area contributed by atoms with E-state index in [1.807, 2.05) is 4.98 Å². The number of H-pyrrole nitrogens is 1. The van der Waals surface area contributed by atoms with Crippen LogP contribution in [0.3, 0.4) is 0 Å². The molecule has 7 N–H and O–H groups in total. The number of aliphatic hydroxyl groups excluding tert-OH is 6. The van der Waals surface area contributed by atoms with Gasteiger partial charge >= 0.3 is 64.8 Å². The maximum atomic E-state index is 12.0. The van der Waals surface area contributed by atoms with Gasteiger partial charge in [0.1, 0.15) is 42.7 Å². The van der Waals surface area contributed by atoms with E-state index in [1.54, 1.807) is 0 Å². The Morgan fingerprint density at radius 2 is 1.53 bits per heavy atom. The zero-order valence-corrected chi connectivity index (χ0v) is 25.6. The summed E-state index contributed by atoms with van der Waals surface area (Å²) in [5.41, 5.74) is -1.78. The van der Waals surface area contributed by atoms with E-state index in [1.165, 1.54) is 0 Å². The summed E-state index contributed by atoms with van der Waals surface area (Å²) < 4.78 is 47.1. The molecule has 0 aliphatic carbocycles.